The average Bonchev–Trinajstić information content (AvgIpc) is 2.59. The fourth-order valence-corrected chi connectivity index (χ4v) is 2.10. The predicted octanol–water partition coefficient (Wildman–Crippen LogP) is 2.48. The minimum atomic E-state index is -0.427. The molecule has 0 aliphatic carbocycles. The first-order valence-electron chi connectivity index (χ1n) is 7.83. The van der Waals surface area contributed by atoms with Gasteiger partial charge in [0.1, 0.15) is 17.2 Å². The van der Waals surface area contributed by atoms with Crippen LogP contribution in [0.1, 0.15) is 31.3 Å². The van der Waals surface area contributed by atoms with Gasteiger partial charge < -0.3 is 20.1 Å². The van der Waals surface area contributed by atoms with Crippen molar-refractivity contribution in [3.63, 3.8) is 0 Å². The van der Waals surface area contributed by atoms with Gasteiger partial charge in [0.05, 0.1) is 30.8 Å². The Labute approximate surface area is 145 Å². The number of hydrogen-bond donors (Lipinski definition) is 2. The van der Waals surface area contributed by atoms with Gasteiger partial charge in [-0.1, -0.05) is 0 Å². The molecule has 8 nitrogen and oxygen atoms in total. The lowest BCUT2D eigenvalue weighted by atomic mass is 10.2. The predicted molar refractivity (Wildman–Crippen MR) is 93.1 cm³/mol. The largest absolute Gasteiger partial charge is 0.492 e. The lowest BCUT2D eigenvalue weighted by Crippen LogP contribution is -2.15. The van der Waals surface area contributed by atoms with Crippen LogP contribution in [0.5, 0.6) is 11.5 Å². The topological polar surface area (TPSA) is 102 Å². The maximum atomic E-state index is 12.3. The summed E-state index contributed by atoms with van der Waals surface area (Å²) in [6.07, 6.45) is 4.28. The Bertz CT molecular complexity index is 750. The number of anilines is 2. The number of ether oxygens (including phenoxy) is 2. The zero-order valence-corrected chi connectivity index (χ0v) is 14.3. The summed E-state index contributed by atoms with van der Waals surface area (Å²) in [6.45, 7) is 5.84. The summed E-state index contributed by atoms with van der Waals surface area (Å²) in [5.41, 5.74) is 1.05. The Morgan fingerprint density at radius 2 is 1.60 bits per heavy atom. The molecule has 2 rings (SSSR count). The molecule has 1 aromatic carbocycles. The molecule has 0 bridgehead atoms. The van der Waals surface area contributed by atoms with Gasteiger partial charge in [0.15, 0.2) is 0 Å². The molecule has 25 heavy (non-hydrogen) atoms. The molecule has 0 aliphatic heterocycles. The molecule has 0 fully saturated rings. The second kappa shape index (κ2) is 8.62. The molecule has 8 heteroatoms. The molecule has 1 heterocycles. The molecule has 0 radical (unpaired) electrons. The van der Waals surface area contributed by atoms with Gasteiger partial charge >= 0.3 is 0 Å². The second-order valence-corrected chi connectivity index (χ2v) is 4.94. The van der Waals surface area contributed by atoms with Crippen molar-refractivity contribution in [1.29, 1.82) is 0 Å². The minimum Gasteiger partial charge on any atom is -0.492 e. The summed E-state index contributed by atoms with van der Waals surface area (Å²) in [7, 11) is 0. The van der Waals surface area contributed by atoms with E-state index in [-0.39, 0.29) is 11.6 Å². The van der Waals surface area contributed by atoms with Crippen LogP contribution in [0.3, 0.4) is 0 Å². The van der Waals surface area contributed by atoms with Crippen molar-refractivity contribution in [3.8, 4) is 11.5 Å². The Morgan fingerprint density at radius 1 is 1.00 bits per heavy atom. The summed E-state index contributed by atoms with van der Waals surface area (Å²) in [4.78, 5) is 31.6. The summed E-state index contributed by atoms with van der Waals surface area (Å²) >= 11 is 0. The Morgan fingerprint density at radius 3 is 2.08 bits per heavy atom. The quantitative estimate of drug-likeness (QED) is 0.800. The van der Waals surface area contributed by atoms with Crippen molar-refractivity contribution in [3.05, 3.63) is 36.4 Å². The first-order chi connectivity index (χ1) is 12.0. The zero-order valence-electron chi connectivity index (χ0n) is 14.3. The molecule has 0 unspecified atom stereocenters. The number of carbonyl (C=O) groups excluding carboxylic acids is 2. The van der Waals surface area contributed by atoms with E-state index in [0.29, 0.717) is 36.1 Å². The van der Waals surface area contributed by atoms with Gasteiger partial charge in [-0.15, -0.1) is 0 Å². The molecule has 2 amide bonds. The lowest BCUT2D eigenvalue weighted by molar-refractivity contribution is -0.114. The van der Waals surface area contributed by atoms with Gasteiger partial charge in [-0.2, -0.15) is 0 Å². The van der Waals surface area contributed by atoms with Crippen molar-refractivity contribution in [1.82, 2.24) is 9.97 Å². The number of rotatable bonds is 7. The maximum absolute atomic E-state index is 12.3. The highest BCUT2D eigenvalue weighted by Gasteiger charge is 2.16. The van der Waals surface area contributed by atoms with Crippen LogP contribution in [0.4, 0.5) is 11.4 Å². The van der Waals surface area contributed by atoms with Crippen molar-refractivity contribution in [2.45, 2.75) is 20.8 Å². The van der Waals surface area contributed by atoms with Crippen LogP contribution in [0.25, 0.3) is 0 Å². The molecule has 0 aliphatic rings. The molecule has 0 saturated heterocycles. The van der Waals surface area contributed by atoms with Crippen molar-refractivity contribution in [2.75, 3.05) is 23.8 Å². The van der Waals surface area contributed by atoms with E-state index < -0.39 is 5.91 Å². The molecule has 0 spiro atoms. The number of carbonyl (C=O) groups is 2. The molecule has 0 saturated carbocycles. The summed E-state index contributed by atoms with van der Waals surface area (Å²) < 4.78 is 11.1. The molecule has 1 aromatic heterocycles. The normalized spacial score (nSPS) is 10.0. The monoisotopic (exact) mass is 344 g/mol. The van der Waals surface area contributed by atoms with E-state index in [9.17, 15) is 9.59 Å². The fraction of sp³-hybridized carbons (Fsp3) is 0.294. The number of nitrogens with zero attached hydrogens (tertiary/aromatic N) is 2. The van der Waals surface area contributed by atoms with E-state index in [2.05, 4.69) is 20.6 Å². The van der Waals surface area contributed by atoms with E-state index in [0.717, 1.165) is 0 Å². The SMILES string of the molecule is CCOc1cc(NC(=O)c2cnccn2)c(OCC)cc1NC(C)=O. The summed E-state index contributed by atoms with van der Waals surface area (Å²) in [5, 5.41) is 5.42. The highest BCUT2D eigenvalue weighted by Crippen LogP contribution is 2.37. The van der Waals surface area contributed by atoms with E-state index in [1.54, 1.807) is 12.1 Å². The molecule has 0 atom stereocenters. The highest BCUT2D eigenvalue weighted by molar-refractivity contribution is 6.04. The third kappa shape index (κ3) is 4.90. The Balaban J connectivity index is 2.38. The molecule has 2 aromatic rings. The number of hydrogen-bond acceptors (Lipinski definition) is 6. The van der Waals surface area contributed by atoms with Crippen LogP contribution < -0.4 is 20.1 Å². The first-order valence-corrected chi connectivity index (χ1v) is 7.83. The third-order valence-corrected chi connectivity index (χ3v) is 3.04. The number of aromatic nitrogens is 2. The van der Waals surface area contributed by atoms with Crippen molar-refractivity contribution in [2.24, 2.45) is 0 Å². The fourth-order valence-electron chi connectivity index (χ4n) is 2.10. The van der Waals surface area contributed by atoms with Gasteiger partial charge in [0, 0.05) is 31.5 Å². The van der Waals surface area contributed by atoms with Crippen molar-refractivity contribution >= 4 is 23.2 Å². The third-order valence-electron chi connectivity index (χ3n) is 3.04. The molecule has 132 valence electrons. The zero-order chi connectivity index (χ0) is 18.2. The van der Waals surface area contributed by atoms with Gasteiger partial charge in [-0.05, 0) is 13.8 Å². The Kier molecular flexibility index (Phi) is 6.27. The maximum Gasteiger partial charge on any atom is 0.275 e. The molecular weight excluding hydrogens is 324 g/mol. The first kappa shape index (κ1) is 18.2. The van der Waals surface area contributed by atoms with Crippen LogP contribution in [0.2, 0.25) is 0 Å². The van der Waals surface area contributed by atoms with Gasteiger partial charge in [-0.3, -0.25) is 14.6 Å². The van der Waals surface area contributed by atoms with Gasteiger partial charge in [0.2, 0.25) is 5.91 Å². The van der Waals surface area contributed by atoms with Gasteiger partial charge in [-0.25, -0.2) is 4.98 Å². The van der Waals surface area contributed by atoms with Crippen LogP contribution in [-0.4, -0.2) is 35.0 Å². The van der Waals surface area contributed by atoms with E-state index in [1.807, 2.05) is 13.8 Å². The molecule has 2 N–H and O–H groups in total. The van der Waals surface area contributed by atoms with E-state index in [4.69, 9.17) is 9.47 Å². The van der Waals surface area contributed by atoms with Gasteiger partial charge in [0.25, 0.3) is 5.91 Å². The van der Waals surface area contributed by atoms with E-state index >= 15 is 0 Å². The van der Waals surface area contributed by atoms with Crippen LogP contribution in [0, 0.1) is 0 Å². The molecular formula is C17H20N4O4. The Hall–Kier alpha value is -3.16. The number of amides is 2. The van der Waals surface area contributed by atoms with Crippen LogP contribution in [-0.2, 0) is 4.79 Å². The summed E-state index contributed by atoms with van der Waals surface area (Å²) in [5.74, 6) is 0.172. The minimum absolute atomic E-state index is 0.175. The second-order valence-electron chi connectivity index (χ2n) is 4.94. The summed E-state index contributed by atoms with van der Waals surface area (Å²) in [6, 6.07) is 3.22. The average molecular weight is 344 g/mol. The standard InChI is InChI=1S/C17H20N4O4/c1-4-24-15-9-13(21-17(23)14-10-18-6-7-19-14)16(25-5-2)8-12(15)20-11(3)22/h6-10H,4-5H2,1-3H3,(H,20,22)(H,21,23). The number of benzene rings is 1. The van der Waals surface area contributed by atoms with E-state index in [1.165, 1.54) is 25.5 Å². The van der Waals surface area contributed by atoms with Crippen molar-refractivity contribution < 1.29 is 19.1 Å². The lowest BCUT2D eigenvalue weighted by Gasteiger charge is -2.17. The number of nitrogens with one attached hydrogen (secondary N) is 2. The smallest absolute Gasteiger partial charge is 0.275 e. The van der Waals surface area contributed by atoms with Crippen LogP contribution in [0.15, 0.2) is 30.7 Å². The van der Waals surface area contributed by atoms with Crippen LogP contribution >= 0.6 is 0 Å². The highest BCUT2D eigenvalue weighted by atomic mass is 16.5.